The Labute approximate surface area is 244 Å². The average Bonchev–Trinajstić information content (AvgIpc) is 3.00. The Morgan fingerprint density at radius 2 is 1.33 bits per heavy atom. The first-order valence-corrected chi connectivity index (χ1v) is 13.7. The van der Waals surface area contributed by atoms with E-state index in [9.17, 15) is 31.5 Å². The van der Waals surface area contributed by atoms with Crippen molar-refractivity contribution in [3.8, 4) is 0 Å². The number of halogens is 5. The molecule has 1 aliphatic rings. The summed E-state index contributed by atoms with van der Waals surface area (Å²) in [6.07, 6.45) is 0. The number of anilines is 1. The van der Waals surface area contributed by atoms with Crippen LogP contribution < -0.4 is 21.9 Å². The van der Waals surface area contributed by atoms with Crippen molar-refractivity contribution in [2.24, 2.45) is 5.73 Å². The second-order valence-electron chi connectivity index (χ2n) is 10.5. The smallest absolute Gasteiger partial charge is 0.331 e. The molecule has 0 spiro atoms. The van der Waals surface area contributed by atoms with Gasteiger partial charge in [-0.3, -0.25) is 18.8 Å². The number of rotatable bonds is 8. The third-order valence-corrected chi connectivity index (χ3v) is 7.85. The van der Waals surface area contributed by atoms with E-state index in [0.29, 0.717) is 5.56 Å². The van der Waals surface area contributed by atoms with Gasteiger partial charge in [-0.15, -0.1) is 0 Å². The molecule has 0 aliphatic carbocycles. The highest BCUT2D eigenvalue weighted by Crippen LogP contribution is 2.22. The van der Waals surface area contributed by atoms with Crippen molar-refractivity contribution in [1.29, 1.82) is 0 Å². The maximum Gasteiger partial charge on any atom is 0.331 e. The number of hydrogen-bond acceptors (Lipinski definition) is 5. The fraction of sp³-hybridized carbons (Fsp3) is 0.290. The molecule has 1 aromatic heterocycles. The molecule has 12 heteroatoms. The number of benzene rings is 3. The van der Waals surface area contributed by atoms with Gasteiger partial charge in [-0.05, 0) is 36.8 Å². The minimum Gasteiger partial charge on any atom is -0.363 e. The van der Waals surface area contributed by atoms with Gasteiger partial charge in [0.25, 0.3) is 5.56 Å². The van der Waals surface area contributed by atoms with E-state index in [1.807, 2.05) is 0 Å². The molecule has 0 saturated carbocycles. The number of piperazine rings is 1. The lowest BCUT2D eigenvalue weighted by Gasteiger charge is -2.37. The molecule has 0 radical (unpaired) electrons. The molecule has 43 heavy (non-hydrogen) atoms. The summed E-state index contributed by atoms with van der Waals surface area (Å²) in [5.41, 5.74) is 5.32. The molecule has 5 rings (SSSR count). The largest absolute Gasteiger partial charge is 0.363 e. The van der Waals surface area contributed by atoms with Crippen LogP contribution in [-0.2, 0) is 19.6 Å². The summed E-state index contributed by atoms with van der Waals surface area (Å²) < 4.78 is 73.6. The van der Waals surface area contributed by atoms with Crippen molar-refractivity contribution in [3.05, 3.63) is 133 Å². The van der Waals surface area contributed by atoms with E-state index in [4.69, 9.17) is 5.73 Å². The van der Waals surface area contributed by atoms with E-state index in [2.05, 4.69) is 0 Å². The molecule has 7 nitrogen and oxygen atoms in total. The second-order valence-corrected chi connectivity index (χ2v) is 10.5. The molecular weight excluding hydrogens is 569 g/mol. The lowest BCUT2D eigenvalue weighted by Crippen LogP contribution is -2.51. The molecule has 1 fully saturated rings. The molecular formula is C31H30F5N5O2. The van der Waals surface area contributed by atoms with Crippen molar-refractivity contribution in [2.75, 3.05) is 31.1 Å². The molecule has 3 aromatic carbocycles. The molecule has 1 aliphatic heterocycles. The Kier molecular flexibility index (Phi) is 8.79. The second kappa shape index (κ2) is 12.5. The lowest BCUT2D eigenvalue weighted by atomic mass is 10.1. The van der Waals surface area contributed by atoms with Crippen LogP contribution in [0.15, 0.2) is 70.3 Å². The van der Waals surface area contributed by atoms with Gasteiger partial charge in [-0.2, -0.15) is 0 Å². The number of aromatic nitrogens is 2. The zero-order chi connectivity index (χ0) is 30.8. The van der Waals surface area contributed by atoms with Crippen molar-refractivity contribution in [1.82, 2.24) is 14.0 Å². The summed E-state index contributed by atoms with van der Waals surface area (Å²) in [6, 6.07) is 13.2. The van der Waals surface area contributed by atoms with Gasteiger partial charge in [0, 0.05) is 55.6 Å². The molecule has 1 atom stereocenters. The van der Waals surface area contributed by atoms with Crippen LogP contribution in [-0.4, -0.2) is 40.2 Å². The Balaban J connectivity index is 1.50. The van der Waals surface area contributed by atoms with E-state index >= 15 is 0 Å². The van der Waals surface area contributed by atoms with Gasteiger partial charge in [0.15, 0.2) is 11.6 Å². The zero-order valence-electron chi connectivity index (χ0n) is 23.4. The Bertz CT molecular complexity index is 1730. The van der Waals surface area contributed by atoms with Gasteiger partial charge in [0.05, 0.1) is 13.1 Å². The maximum atomic E-state index is 14.6. The van der Waals surface area contributed by atoms with Crippen LogP contribution in [0, 0.1) is 36.0 Å². The quantitative estimate of drug-likeness (QED) is 0.244. The predicted octanol–water partition coefficient (Wildman–Crippen LogP) is 4.08. The zero-order valence-corrected chi connectivity index (χ0v) is 23.4. The van der Waals surface area contributed by atoms with Gasteiger partial charge < -0.3 is 10.6 Å². The first-order valence-electron chi connectivity index (χ1n) is 13.7. The third kappa shape index (κ3) is 6.11. The highest BCUT2D eigenvalue weighted by molar-refractivity contribution is 5.50. The lowest BCUT2D eigenvalue weighted by molar-refractivity contribution is 0.241. The van der Waals surface area contributed by atoms with E-state index in [1.165, 1.54) is 13.0 Å². The van der Waals surface area contributed by atoms with Crippen molar-refractivity contribution in [2.45, 2.75) is 32.6 Å². The summed E-state index contributed by atoms with van der Waals surface area (Å²) in [4.78, 5) is 31.0. The normalized spacial score (nSPS) is 14.7. The van der Waals surface area contributed by atoms with E-state index in [-0.39, 0.29) is 61.8 Å². The van der Waals surface area contributed by atoms with Crippen molar-refractivity contribution >= 4 is 5.69 Å². The highest BCUT2D eigenvalue weighted by atomic mass is 19.2. The molecule has 0 bridgehead atoms. The Hall–Kier alpha value is -4.29. The number of hydrogen-bond donors (Lipinski definition) is 1. The van der Waals surface area contributed by atoms with Gasteiger partial charge in [0.2, 0.25) is 0 Å². The first-order chi connectivity index (χ1) is 20.6. The molecule has 2 heterocycles. The van der Waals surface area contributed by atoms with E-state index < -0.39 is 52.9 Å². The topological polar surface area (TPSA) is 76.5 Å². The van der Waals surface area contributed by atoms with E-state index in [1.54, 1.807) is 40.1 Å². The summed E-state index contributed by atoms with van der Waals surface area (Å²) in [6.45, 7) is 1.68. The minimum atomic E-state index is -1.25. The number of nitrogens with two attached hydrogens (primary N) is 1. The van der Waals surface area contributed by atoms with Crippen molar-refractivity contribution < 1.29 is 22.0 Å². The average molecular weight is 600 g/mol. The van der Waals surface area contributed by atoms with Gasteiger partial charge in [-0.1, -0.05) is 36.4 Å². The number of nitrogens with zero attached hydrogens (tertiary/aromatic N) is 4. The summed E-state index contributed by atoms with van der Waals surface area (Å²) in [7, 11) is 0. The van der Waals surface area contributed by atoms with Gasteiger partial charge in [-0.25, -0.2) is 26.7 Å². The van der Waals surface area contributed by atoms with Crippen LogP contribution in [0.3, 0.4) is 0 Å². The molecule has 4 aromatic rings. The van der Waals surface area contributed by atoms with Gasteiger partial charge >= 0.3 is 5.69 Å². The molecule has 1 unspecified atom stereocenters. The Morgan fingerprint density at radius 1 is 0.721 bits per heavy atom. The van der Waals surface area contributed by atoms with Crippen LogP contribution in [0.2, 0.25) is 0 Å². The van der Waals surface area contributed by atoms with Crippen LogP contribution in [0.1, 0.15) is 28.4 Å². The van der Waals surface area contributed by atoms with Crippen molar-refractivity contribution in [3.63, 3.8) is 0 Å². The molecule has 226 valence electrons. The molecule has 1 saturated heterocycles. The fourth-order valence-corrected chi connectivity index (χ4v) is 5.41. The predicted molar refractivity (Wildman–Crippen MR) is 152 cm³/mol. The molecule has 0 amide bonds. The van der Waals surface area contributed by atoms with Crippen LogP contribution in [0.4, 0.5) is 27.6 Å². The summed E-state index contributed by atoms with van der Waals surface area (Å²) in [5, 5.41) is 0. The molecule has 2 N–H and O–H groups in total. The highest BCUT2D eigenvalue weighted by Gasteiger charge is 2.27. The standard InChI is InChI=1S/C31H30F5N5O2/c1-19-29(39-14-12-38(13-15-39)16-22-25(34)10-11-26(35)28(22)36)30(42)41(18-27(37)20-6-3-2-4-7-20)31(43)40(19)17-21-23(32)8-5-9-24(21)33/h2-11,27H,12-18,37H2,1H3. The maximum absolute atomic E-state index is 14.6. The fourth-order valence-electron chi connectivity index (χ4n) is 5.41. The Morgan fingerprint density at radius 3 is 1.98 bits per heavy atom. The van der Waals surface area contributed by atoms with Crippen LogP contribution in [0.5, 0.6) is 0 Å². The van der Waals surface area contributed by atoms with Crippen LogP contribution in [0.25, 0.3) is 0 Å². The van der Waals surface area contributed by atoms with Gasteiger partial charge in [0.1, 0.15) is 23.1 Å². The summed E-state index contributed by atoms with van der Waals surface area (Å²) >= 11 is 0. The third-order valence-electron chi connectivity index (χ3n) is 7.85. The first kappa shape index (κ1) is 30.2. The SMILES string of the molecule is Cc1c(N2CCN(Cc3c(F)ccc(F)c3F)CC2)c(=O)n(CC(N)c2ccccc2)c(=O)n1Cc1c(F)cccc1F. The van der Waals surface area contributed by atoms with Crippen LogP contribution >= 0.6 is 0 Å². The minimum absolute atomic E-state index is 0.152. The monoisotopic (exact) mass is 599 g/mol. The van der Waals surface area contributed by atoms with E-state index in [0.717, 1.165) is 33.4 Å². The summed E-state index contributed by atoms with van der Waals surface area (Å²) in [5.74, 6) is -4.92.